The SMILES string of the molecule is CNC1(CC(=O)CC2CC(C(C)(C)S(=O)(=O)c3cc(F)cc(C(F)(F)F)c3)C2)CCCCC1. The van der Waals surface area contributed by atoms with Gasteiger partial charge in [-0.25, -0.2) is 12.8 Å². The van der Waals surface area contributed by atoms with E-state index in [-0.39, 0.29) is 23.2 Å². The van der Waals surface area contributed by atoms with E-state index in [4.69, 9.17) is 0 Å². The van der Waals surface area contributed by atoms with Crippen molar-refractivity contribution in [3.8, 4) is 0 Å². The Morgan fingerprint density at radius 2 is 1.70 bits per heavy atom. The number of Topliss-reactive ketones (excluding diaryl/α,β-unsaturated/α-hetero) is 1. The zero-order chi connectivity index (χ0) is 24.7. The second kappa shape index (κ2) is 9.29. The minimum absolute atomic E-state index is 0.0627. The van der Waals surface area contributed by atoms with Gasteiger partial charge in [0.05, 0.1) is 15.2 Å². The molecule has 0 saturated heterocycles. The van der Waals surface area contributed by atoms with Crippen LogP contribution < -0.4 is 5.32 Å². The van der Waals surface area contributed by atoms with Crippen molar-refractivity contribution in [3.05, 3.63) is 29.6 Å². The molecule has 9 heteroatoms. The van der Waals surface area contributed by atoms with Gasteiger partial charge < -0.3 is 5.32 Å². The first-order chi connectivity index (χ1) is 15.2. The lowest BCUT2D eigenvalue weighted by Crippen LogP contribution is -2.48. The summed E-state index contributed by atoms with van der Waals surface area (Å²) in [6, 6.07) is 1.44. The van der Waals surface area contributed by atoms with Crippen molar-refractivity contribution in [2.45, 2.75) is 93.0 Å². The van der Waals surface area contributed by atoms with Crippen LogP contribution >= 0.6 is 0 Å². The number of ketones is 1. The molecule has 0 bridgehead atoms. The highest BCUT2D eigenvalue weighted by atomic mass is 32.2. The Labute approximate surface area is 193 Å². The summed E-state index contributed by atoms with van der Waals surface area (Å²) >= 11 is 0. The van der Waals surface area contributed by atoms with Crippen molar-refractivity contribution in [1.29, 1.82) is 0 Å². The zero-order valence-electron chi connectivity index (χ0n) is 19.4. The van der Waals surface area contributed by atoms with Gasteiger partial charge in [0, 0.05) is 18.4 Å². The lowest BCUT2D eigenvalue weighted by atomic mass is 9.66. The van der Waals surface area contributed by atoms with Crippen LogP contribution in [0.1, 0.15) is 77.2 Å². The molecule has 1 N–H and O–H groups in total. The smallest absolute Gasteiger partial charge is 0.314 e. The third kappa shape index (κ3) is 5.45. The highest BCUT2D eigenvalue weighted by Gasteiger charge is 2.49. The minimum atomic E-state index is -4.85. The fraction of sp³-hybridized carbons (Fsp3) is 0.708. The van der Waals surface area contributed by atoms with Crippen LogP contribution in [0.2, 0.25) is 0 Å². The van der Waals surface area contributed by atoms with Crippen LogP contribution in [0.3, 0.4) is 0 Å². The highest BCUT2D eigenvalue weighted by Crippen LogP contribution is 2.48. The van der Waals surface area contributed by atoms with Gasteiger partial charge in [-0.2, -0.15) is 13.2 Å². The van der Waals surface area contributed by atoms with E-state index >= 15 is 0 Å². The summed E-state index contributed by atoms with van der Waals surface area (Å²) < 4.78 is 78.0. The number of carbonyl (C=O) groups excluding carboxylic acids is 1. The average Bonchev–Trinajstić information content (AvgIpc) is 2.69. The molecule has 0 unspecified atom stereocenters. The van der Waals surface area contributed by atoms with E-state index in [1.54, 1.807) is 0 Å². The van der Waals surface area contributed by atoms with Crippen molar-refractivity contribution in [2.75, 3.05) is 7.05 Å². The Balaban J connectivity index is 1.65. The Morgan fingerprint density at radius 1 is 1.09 bits per heavy atom. The fourth-order valence-electron chi connectivity index (χ4n) is 5.39. The first kappa shape index (κ1) is 26.1. The van der Waals surface area contributed by atoms with E-state index in [0.29, 0.717) is 43.9 Å². The molecule has 3 rings (SSSR count). The summed E-state index contributed by atoms with van der Waals surface area (Å²) in [5.41, 5.74) is -1.47. The first-order valence-corrected chi connectivity index (χ1v) is 13.0. The Bertz CT molecular complexity index is 976. The number of alkyl halides is 3. The van der Waals surface area contributed by atoms with Gasteiger partial charge in [-0.1, -0.05) is 19.3 Å². The summed E-state index contributed by atoms with van der Waals surface area (Å²) in [5, 5.41) is 3.34. The van der Waals surface area contributed by atoms with Gasteiger partial charge in [0.25, 0.3) is 0 Å². The van der Waals surface area contributed by atoms with E-state index in [0.717, 1.165) is 25.7 Å². The zero-order valence-corrected chi connectivity index (χ0v) is 20.2. The maximum Gasteiger partial charge on any atom is 0.416 e. The molecule has 0 spiro atoms. The number of hydrogen-bond acceptors (Lipinski definition) is 4. The number of benzene rings is 1. The van der Waals surface area contributed by atoms with E-state index in [1.165, 1.54) is 20.3 Å². The number of nitrogens with one attached hydrogen (secondary N) is 1. The second-order valence-electron chi connectivity index (χ2n) is 10.3. The molecule has 0 heterocycles. The Hall–Kier alpha value is -1.48. The quantitative estimate of drug-likeness (QED) is 0.474. The minimum Gasteiger partial charge on any atom is -0.314 e. The molecule has 0 atom stereocenters. The number of sulfone groups is 1. The molecule has 4 nitrogen and oxygen atoms in total. The lowest BCUT2D eigenvalue weighted by Gasteiger charge is -2.45. The van der Waals surface area contributed by atoms with Gasteiger partial charge in [0.2, 0.25) is 0 Å². The fourth-order valence-corrected chi connectivity index (χ4v) is 7.18. The monoisotopic (exact) mass is 491 g/mol. The summed E-state index contributed by atoms with van der Waals surface area (Å²) in [7, 11) is -2.34. The van der Waals surface area contributed by atoms with Crippen LogP contribution in [0.15, 0.2) is 23.1 Å². The van der Waals surface area contributed by atoms with E-state index in [9.17, 15) is 30.8 Å². The summed E-state index contributed by atoms with van der Waals surface area (Å²) in [6.07, 6.45) is 2.34. The molecule has 33 heavy (non-hydrogen) atoms. The van der Waals surface area contributed by atoms with Crippen LogP contribution in [-0.2, 0) is 20.8 Å². The number of rotatable bonds is 8. The molecule has 0 aliphatic heterocycles. The number of hydrogen-bond donors (Lipinski definition) is 1. The Kier molecular flexibility index (Phi) is 7.35. The standard InChI is InChI=1S/C24H33F4NO3S/c1-22(2,33(31,32)21-13-18(24(26,27)28)12-19(25)14-21)17-9-16(10-17)11-20(30)15-23(29-3)7-5-4-6-8-23/h12-14,16-17,29H,4-11,15H2,1-3H3. The first-order valence-electron chi connectivity index (χ1n) is 11.5. The molecule has 2 aliphatic rings. The number of halogens is 4. The predicted molar refractivity (Wildman–Crippen MR) is 118 cm³/mol. The van der Waals surface area contributed by atoms with Crippen LogP contribution in [-0.4, -0.2) is 31.5 Å². The lowest BCUT2D eigenvalue weighted by molar-refractivity contribution is -0.138. The Morgan fingerprint density at radius 3 is 2.24 bits per heavy atom. The highest BCUT2D eigenvalue weighted by molar-refractivity contribution is 7.92. The van der Waals surface area contributed by atoms with E-state index in [1.807, 2.05) is 7.05 Å². The molecule has 186 valence electrons. The molecule has 0 aromatic heterocycles. The van der Waals surface area contributed by atoms with Crippen LogP contribution in [0, 0.1) is 17.7 Å². The normalized spacial score (nSPS) is 23.7. The summed E-state index contributed by atoms with van der Waals surface area (Å²) in [4.78, 5) is 12.1. The van der Waals surface area contributed by atoms with Gasteiger partial charge in [-0.05, 0) is 76.6 Å². The van der Waals surface area contributed by atoms with Crippen molar-refractivity contribution in [1.82, 2.24) is 5.32 Å². The maximum atomic E-state index is 13.8. The van der Waals surface area contributed by atoms with Gasteiger partial charge in [0.15, 0.2) is 9.84 Å². The van der Waals surface area contributed by atoms with Crippen molar-refractivity contribution in [3.63, 3.8) is 0 Å². The van der Waals surface area contributed by atoms with Crippen LogP contribution in [0.4, 0.5) is 17.6 Å². The third-order valence-corrected chi connectivity index (χ3v) is 10.4. The molecule has 0 radical (unpaired) electrons. The molecule has 1 aromatic carbocycles. The van der Waals surface area contributed by atoms with Crippen LogP contribution in [0.25, 0.3) is 0 Å². The average molecular weight is 492 g/mol. The van der Waals surface area contributed by atoms with E-state index in [2.05, 4.69) is 5.32 Å². The van der Waals surface area contributed by atoms with Gasteiger partial charge >= 0.3 is 6.18 Å². The van der Waals surface area contributed by atoms with E-state index < -0.39 is 37.0 Å². The third-order valence-electron chi connectivity index (χ3n) is 7.81. The van der Waals surface area contributed by atoms with Crippen molar-refractivity contribution in [2.24, 2.45) is 11.8 Å². The van der Waals surface area contributed by atoms with Crippen molar-refractivity contribution >= 4 is 15.6 Å². The topological polar surface area (TPSA) is 63.2 Å². The molecule has 0 amide bonds. The summed E-state index contributed by atoms with van der Waals surface area (Å²) in [6.45, 7) is 2.95. The predicted octanol–water partition coefficient (Wildman–Crippen LogP) is 5.69. The van der Waals surface area contributed by atoms with Gasteiger partial charge in [-0.3, -0.25) is 4.79 Å². The second-order valence-corrected chi connectivity index (χ2v) is 12.9. The van der Waals surface area contributed by atoms with Gasteiger partial charge in [-0.15, -0.1) is 0 Å². The molecule has 2 aliphatic carbocycles. The molecule has 1 aromatic rings. The molecular formula is C24H33F4NO3S. The van der Waals surface area contributed by atoms with Crippen molar-refractivity contribution < 1.29 is 30.8 Å². The van der Waals surface area contributed by atoms with Gasteiger partial charge in [0.1, 0.15) is 11.6 Å². The maximum absolute atomic E-state index is 13.8. The molecule has 2 fully saturated rings. The summed E-state index contributed by atoms with van der Waals surface area (Å²) in [5.74, 6) is -1.33. The molecular weight excluding hydrogens is 458 g/mol. The van der Waals surface area contributed by atoms with Crippen LogP contribution in [0.5, 0.6) is 0 Å². The number of carbonyl (C=O) groups is 1. The molecule has 2 saturated carbocycles. The largest absolute Gasteiger partial charge is 0.416 e.